The summed E-state index contributed by atoms with van der Waals surface area (Å²) in [4.78, 5) is 24.3. The Bertz CT molecular complexity index is 1420. The summed E-state index contributed by atoms with van der Waals surface area (Å²) < 4.78 is 5.95. The number of benzene rings is 3. The van der Waals surface area contributed by atoms with Crippen LogP contribution in [-0.4, -0.2) is 10.7 Å². The van der Waals surface area contributed by atoms with Gasteiger partial charge < -0.3 is 4.42 Å². The quantitative estimate of drug-likeness (QED) is 0.119. The van der Waals surface area contributed by atoms with Crippen LogP contribution in [0, 0.1) is 22.0 Å². The van der Waals surface area contributed by atoms with E-state index in [1.54, 1.807) is 18.2 Å². The number of nitrogens with zero attached hydrogens (tertiary/aromatic N) is 1. The minimum absolute atomic E-state index is 0.0669. The molecule has 0 fully saturated rings. The average Bonchev–Trinajstić information content (AvgIpc) is 3.24. The highest BCUT2D eigenvalue weighted by Crippen LogP contribution is 2.32. The molecule has 0 aliphatic rings. The summed E-state index contributed by atoms with van der Waals surface area (Å²) in [5.74, 6) is 6.68. The van der Waals surface area contributed by atoms with Crippen molar-refractivity contribution in [1.82, 2.24) is 0 Å². The summed E-state index contributed by atoms with van der Waals surface area (Å²) in [6.07, 6.45) is 4.57. The predicted molar refractivity (Wildman–Crippen MR) is 138 cm³/mol. The van der Waals surface area contributed by atoms with Crippen molar-refractivity contribution >= 4 is 22.4 Å². The lowest BCUT2D eigenvalue weighted by Gasteiger charge is -2.03. The highest BCUT2D eigenvalue weighted by Gasteiger charge is 2.23. The molecule has 0 saturated heterocycles. The van der Waals surface area contributed by atoms with E-state index in [4.69, 9.17) is 4.42 Å². The lowest BCUT2D eigenvalue weighted by molar-refractivity contribution is -0.384. The molecule has 176 valence electrons. The zero-order valence-electron chi connectivity index (χ0n) is 20.0. The third-order valence-corrected chi connectivity index (χ3v) is 5.93. The monoisotopic (exact) mass is 465 g/mol. The molecule has 5 nitrogen and oxygen atoms in total. The molecule has 0 saturated carbocycles. The van der Waals surface area contributed by atoms with E-state index >= 15 is 0 Å². The first-order valence-corrected chi connectivity index (χ1v) is 12.0. The van der Waals surface area contributed by atoms with Crippen LogP contribution in [0.5, 0.6) is 0 Å². The predicted octanol–water partition coefficient (Wildman–Crippen LogP) is 7.27. The van der Waals surface area contributed by atoms with Gasteiger partial charge in [-0.1, -0.05) is 50.7 Å². The lowest BCUT2D eigenvalue weighted by Crippen LogP contribution is -2.04. The number of aryl methyl sites for hydroxylation is 2. The Morgan fingerprint density at radius 3 is 2.14 bits per heavy atom. The van der Waals surface area contributed by atoms with Gasteiger partial charge >= 0.3 is 0 Å². The molecule has 0 N–H and O–H groups in total. The molecular weight excluding hydrogens is 438 g/mol. The second-order valence-corrected chi connectivity index (χ2v) is 8.54. The number of furan rings is 1. The van der Waals surface area contributed by atoms with Crippen LogP contribution in [0.3, 0.4) is 0 Å². The zero-order chi connectivity index (χ0) is 24.8. The van der Waals surface area contributed by atoms with Gasteiger partial charge in [-0.25, -0.2) is 0 Å². The highest BCUT2D eigenvalue weighted by molar-refractivity contribution is 6.17. The van der Waals surface area contributed by atoms with Crippen molar-refractivity contribution in [1.29, 1.82) is 0 Å². The first-order chi connectivity index (χ1) is 17.0. The molecule has 5 heteroatoms. The maximum atomic E-state index is 13.5. The molecule has 0 aliphatic carbocycles. The molecule has 1 aromatic heterocycles. The molecule has 0 aliphatic heterocycles. The Hall–Kier alpha value is -4.17. The van der Waals surface area contributed by atoms with Gasteiger partial charge in [-0.2, -0.15) is 0 Å². The van der Waals surface area contributed by atoms with Gasteiger partial charge in [-0.3, -0.25) is 14.9 Å². The second-order valence-electron chi connectivity index (χ2n) is 8.54. The van der Waals surface area contributed by atoms with Gasteiger partial charge in [-0.05, 0) is 60.9 Å². The molecular formula is C30H27NO4. The summed E-state index contributed by atoms with van der Waals surface area (Å²) in [6, 6.07) is 19.8. The molecule has 0 amide bonds. The van der Waals surface area contributed by atoms with Gasteiger partial charge in [0.15, 0.2) is 5.78 Å². The topological polar surface area (TPSA) is 73.3 Å². The van der Waals surface area contributed by atoms with Gasteiger partial charge in [0, 0.05) is 40.6 Å². The minimum Gasteiger partial charge on any atom is -0.460 e. The Labute approximate surface area is 204 Å². The van der Waals surface area contributed by atoms with Crippen LogP contribution in [0.15, 0.2) is 71.1 Å². The van der Waals surface area contributed by atoms with Crippen LogP contribution < -0.4 is 0 Å². The van der Waals surface area contributed by atoms with Crippen LogP contribution in [-0.2, 0) is 12.8 Å². The summed E-state index contributed by atoms with van der Waals surface area (Å²) in [7, 11) is 0. The van der Waals surface area contributed by atoms with E-state index < -0.39 is 4.92 Å². The number of hydrogen-bond acceptors (Lipinski definition) is 4. The minimum atomic E-state index is -0.461. The number of hydrogen-bond donors (Lipinski definition) is 0. The van der Waals surface area contributed by atoms with E-state index in [-0.39, 0.29) is 11.5 Å². The average molecular weight is 466 g/mol. The maximum absolute atomic E-state index is 13.5. The number of non-ortho nitro benzene ring substituents is 1. The third-order valence-electron chi connectivity index (χ3n) is 5.93. The van der Waals surface area contributed by atoms with Crippen LogP contribution in [0.1, 0.15) is 71.5 Å². The fraction of sp³-hybridized carbons (Fsp3) is 0.233. The largest absolute Gasteiger partial charge is 0.460 e. The molecule has 1 heterocycles. The van der Waals surface area contributed by atoms with Crippen molar-refractivity contribution in [2.24, 2.45) is 0 Å². The summed E-state index contributed by atoms with van der Waals surface area (Å²) in [6.45, 7) is 4.22. The SMILES string of the molecule is CCCCc1oc2ccc([N+](=O)[O-])cc2c1C(=O)c1ccc(C#Cc2ccc(CCC)cc2)cc1. The van der Waals surface area contributed by atoms with E-state index in [1.807, 2.05) is 24.3 Å². The van der Waals surface area contributed by atoms with E-state index in [2.05, 4.69) is 37.8 Å². The van der Waals surface area contributed by atoms with Gasteiger partial charge in [0.1, 0.15) is 11.3 Å². The Morgan fingerprint density at radius 1 is 0.886 bits per heavy atom. The number of fused-ring (bicyclic) bond motifs is 1. The van der Waals surface area contributed by atoms with Crippen LogP contribution in [0.2, 0.25) is 0 Å². The molecule has 4 rings (SSSR count). The van der Waals surface area contributed by atoms with Crippen LogP contribution in [0.25, 0.3) is 11.0 Å². The molecule has 0 radical (unpaired) electrons. The number of ketones is 1. The van der Waals surface area contributed by atoms with E-state index in [9.17, 15) is 14.9 Å². The number of carbonyl (C=O) groups is 1. The van der Waals surface area contributed by atoms with Crippen molar-refractivity contribution in [2.45, 2.75) is 46.0 Å². The molecule has 35 heavy (non-hydrogen) atoms. The standard InChI is InChI=1S/C30H27NO4/c1-3-5-7-28-29(26-20-25(31(33)34)18-19-27(26)35-28)30(32)24-16-14-23(15-17-24)13-12-22-10-8-21(6-4-2)9-11-22/h8-11,14-20H,3-7H2,1-2H3. The fourth-order valence-corrected chi connectivity index (χ4v) is 4.05. The summed E-state index contributed by atoms with van der Waals surface area (Å²) in [5, 5.41) is 11.8. The fourth-order valence-electron chi connectivity index (χ4n) is 4.05. The van der Waals surface area contributed by atoms with Crippen LogP contribution in [0.4, 0.5) is 5.69 Å². The number of carbonyl (C=O) groups excluding carboxylic acids is 1. The summed E-state index contributed by atoms with van der Waals surface area (Å²) >= 11 is 0. The van der Waals surface area contributed by atoms with E-state index in [1.165, 1.54) is 17.7 Å². The van der Waals surface area contributed by atoms with Gasteiger partial charge in [-0.15, -0.1) is 0 Å². The van der Waals surface area contributed by atoms with Crippen molar-refractivity contribution in [2.75, 3.05) is 0 Å². The molecule has 4 aromatic rings. The molecule has 0 atom stereocenters. The highest BCUT2D eigenvalue weighted by atomic mass is 16.6. The Kier molecular flexibility index (Phi) is 7.42. The maximum Gasteiger partial charge on any atom is 0.270 e. The molecule has 0 spiro atoms. The number of unbranched alkanes of at least 4 members (excludes halogenated alkanes) is 1. The Balaban J connectivity index is 1.62. The van der Waals surface area contributed by atoms with Gasteiger partial charge in [0.05, 0.1) is 10.5 Å². The third kappa shape index (κ3) is 5.50. The first kappa shape index (κ1) is 24.0. The van der Waals surface area contributed by atoms with Crippen molar-refractivity contribution in [3.63, 3.8) is 0 Å². The van der Waals surface area contributed by atoms with Gasteiger partial charge in [0.2, 0.25) is 0 Å². The summed E-state index contributed by atoms with van der Waals surface area (Å²) in [5.41, 5.74) is 4.36. The number of rotatable bonds is 8. The molecule has 3 aromatic carbocycles. The zero-order valence-corrected chi connectivity index (χ0v) is 20.0. The Morgan fingerprint density at radius 2 is 1.54 bits per heavy atom. The lowest BCUT2D eigenvalue weighted by atomic mass is 9.97. The van der Waals surface area contributed by atoms with Crippen molar-refractivity contribution in [3.8, 4) is 11.8 Å². The smallest absolute Gasteiger partial charge is 0.270 e. The molecule has 0 unspecified atom stereocenters. The van der Waals surface area contributed by atoms with Crippen molar-refractivity contribution < 1.29 is 14.1 Å². The number of nitro benzene ring substituents is 1. The van der Waals surface area contributed by atoms with Gasteiger partial charge in [0.25, 0.3) is 5.69 Å². The second kappa shape index (κ2) is 10.8. The first-order valence-electron chi connectivity index (χ1n) is 12.0. The van der Waals surface area contributed by atoms with Crippen LogP contribution >= 0.6 is 0 Å². The van der Waals surface area contributed by atoms with E-state index in [0.717, 1.165) is 36.8 Å². The molecule has 0 bridgehead atoms. The van der Waals surface area contributed by atoms with Crippen molar-refractivity contribution in [3.05, 3.63) is 110 Å². The normalized spacial score (nSPS) is 10.7. The number of nitro groups is 1. The van der Waals surface area contributed by atoms with E-state index in [0.29, 0.717) is 34.3 Å².